The maximum atomic E-state index is 13.8. The second-order valence-corrected chi connectivity index (χ2v) is 8.71. The number of aromatic nitrogens is 5. The van der Waals surface area contributed by atoms with Crippen LogP contribution in [0.2, 0.25) is 0 Å². The van der Waals surface area contributed by atoms with E-state index in [1.807, 2.05) is 21.7 Å². The highest BCUT2D eigenvalue weighted by molar-refractivity contribution is 5.89. The number of likely N-dealkylation sites (N-methyl/N-ethyl adjacent to an activating group) is 1. The molecule has 0 amide bonds. The fourth-order valence-electron chi connectivity index (χ4n) is 4.68. The molecule has 3 aliphatic rings. The van der Waals surface area contributed by atoms with Crippen LogP contribution in [0, 0.1) is 5.41 Å². The van der Waals surface area contributed by atoms with E-state index in [1.54, 1.807) is 12.4 Å². The Labute approximate surface area is 171 Å². The molecule has 1 saturated carbocycles. The van der Waals surface area contributed by atoms with E-state index in [1.165, 1.54) is 0 Å². The Balaban J connectivity index is 1.30. The standard InChI is InChI=1S/C20H22F2N8/c1-28-6-7-30-14(10-28)8-15(27-30)25-18-24-9-13-2-4-23-17(16(13)26-18)29-5-3-19(12-29)11-20(19,21)22/h2,4,8-9H,3,5-7,10-12H2,1H3,(H,24,25,26,27). The summed E-state index contributed by atoms with van der Waals surface area (Å²) in [6, 6.07) is 3.85. The molecule has 1 atom stereocenters. The van der Waals surface area contributed by atoms with Crippen LogP contribution < -0.4 is 10.2 Å². The third kappa shape index (κ3) is 2.73. The lowest BCUT2D eigenvalue weighted by molar-refractivity contribution is 0.0711. The van der Waals surface area contributed by atoms with Gasteiger partial charge in [0, 0.05) is 56.4 Å². The van der Waals surface area contributed by atoms with E-state index in [-0.39, 0.29) is 6.42 Å². The van der Waals surface area contributed by atoms with Crippen molar-refractivity contribution < 1.29 is 8.78 Å². The summed E-state index contributed by atoms with van der Waals surface area (Å²) in [5, 5.41) is 8.61. The summed E-state index contributed by atoms with van der Waals surface area (Å²) in [6.07, 6.45) is 3.88. The lowest BCUT2D eigenvalue weighted by atomic mass is 10.1. The van der Waals surface area contributed by atoms with Crippen molar-refractivity contribution in [1.82, 2.24) is 29.6 Å². The second kappa shape index (κ2) is 6.07. The smallest absolute Gasteiger partial charge is 0.256 e. The number of halogens is 2. The van der Waals surface area contributed by atoms with Gasteiger partial charge in [-0.15, -0.1) is 0 Å². The van der Waals surface area contributed by atoms with Crippen LogP contribution in [-0.4, -0.2) is 62.2 Å². The summed E-state index contributed by atoms with van der Waals surface area (Å²) in [5.74, 6) is -0.792. The van der Waals surface area contributed by atoms with Crippen LogP contribution in [0.4, 0.5) is 26.4 Å². The van der Waals surface area contributed by atoms with E-state index in [9.17, 15) is 8.78 Å². The number of hydrogen-bond donors (Lipinski definition) is 1. The van der Waals surface area contributed by atoms with Gasteiger partial charge in [0.1, 0.15) is 5.52 Å². The molecule has 6 rings (SSSR count). The second-order valence-electron chi connectivity index (χ2n) is 8.71. The number of fused-ring (bicyclic) bond motifs is 2. The molecule has 1 N–H and O–H groups in total. The summed E-state index contributed by atoms with van der Waals surface area (Å²) in [6.45, 7) is 3.55. The highest BCUT2D eigenvalue weighted by Crippen LogP contribution is 2.65. The molecule has 1 unspecified atom stereocenters. The van der Waals surface area contributed by atoms with Gasteiger partial charge in [0.25, 0.3) is 5.92 Å². The zero-order valence-electron chi connectivity index (χ0n) is 16.6. The van der Waals surface area contributed by atoms with Gasteiger partial charge in [0.05, 0.1) is 17.7 Å². The quantitative estimate of drug-likeness (QED) is 0.709. The molecule has 2 aliphatic heterocycles. The molecule has 0 bridgehead atoms. The maximum Gasteiger partial charge on any atom is 0.256 e. The molecular formula is C20H22F2N8. The van der Waals surface area contributed by atoms with Gasteiger partial charge in [-0.25, -0.2) is 23.7 Å². The van der Waals surface area contributed by atoms with Crippen LogP contribution in [0.5, 0.6) is 0 Å². The fraction of sp³-hybridized carbons (Fsp3) is 0.500. The largest absolute Gasteiger partial charge is 0.354 e. The van der Waals surface area contributed by atoms with Gasteiger partial charge < -0.3 is 10.2 Å². The minimum atomic E-state index is -2.55. The SMILES string of the molecule is CN1CCn2nc(Nc3ncc4ccnc(N5CCC6(C5)CC6(F)F)c4n3)cc2C1. The van der Waals surface area contributed by atoms with Gasteiger partial charge in [-0.05, 0) is 19.5 Å². The Kier molecular flexibility index (Phi) is 3.63. The predicted octanol–water partition coefficient (Wildman–Crippen LogP) is 2.65. The van der Waals surface area contributed by atoms with Crippen LogP contribution in [0.3, 0.4) is 0 Å². The summed E-state index contributed by atoms with van der Waals surface area (Å²) in [4.78, 5) is 17.7. The summed E-state index contributed by atoms with van der Waals surface area (Å²) >= 11 is 0. The first kappa shape index (κ1) is 17.9. The molecule has 10 heteroatoms. The Bertz CT molecular complexity index is 1150. The molecule has 2 fully saturated rings. The Hall–Kier alpha value is -2.88. The molecule has 156 valence electrons. The first-order chi connectivity index (χ1) is 14.4. The monoisotopic (exact) mass is 412 g/mol. The van der Waals surface area contributed by atoms with Gasteiger partial charge in [-0.3, -0.25) is 9.58 Å². The number of hydrogen-bond acceptors (Lipinski definition) is 7. The summed E-state index contributed by atoms with van der Waals surface area (Å²) < 4.78 is 29.7. The molecule has 0 aromatic carbocycles. The summed E-state index contributed by atoms with van der Waals surface area (Å²) in [5.41, 5.74) is 0.926. The Morgan fingerprint density at radius 3 is 2.83 bits per heavy atom. The molecule has 3 aromatic rings. The number of rotatable bonds is 3. The summed E-state index contributed by atoms with van der Waals surface area (Å²) in [7, 11) is 2.09. The van der Waals surface area contributed by atoms with Gasteiger partial charge in [0.2, 0.25) is 5.95 Å². The van der Waals surface area contributed by atoms with Crippen LogP contribution in [0.15, 0.2) is 24.5 Å². The van der Waals surface area contributed by atoms with Crippen molar-refractivity contribution in [3.8, 4) is 0 Å². The fourth-order valence-corrected chi connectivity index (χ4v) is 4.68. The lowest BCUT2D eigenvalue weighted by Gasteiger charge is -2.22. The average molecular weight is 412 g/mol. The highest BCUT2D eigenvalue weighted by Gasteiger charge is 2.72. The van der Waals surface area contributed by atoms with E-state index in [0.29, 0.717) is 42.6 Å². The Morgan fingerprint density at radius 2 is 2.03 bits per heavy atom. The Morgan fingerprint density at radius 1 is 1.17 bits per heavy atom. The highest BCUT2D eigenvalue weighted by atomic mass is 19.3. The van der Waals surface area contributed by atoms with Crippen molar-refractivity contribution >= 4 is 28.5 Å². The minimum absolute atomic E-state index is 0.0246. The molecule has 1 saturated heterocycles. The van der Waals surface area contributed by atoms with Crippen molar-refractivity contribution in [2.75, 3.05) is 36.9 Å². The van der Waals surface area contributed by atoms with Gasteiger partial charge in [-0.1, -0.05) is 0 Å². The van der Waals surface area contributed by atoms with Crippen LogP contribution in [0.1, 0.15) is 18.5 Å². The first-order valence-electron chi connectivity index (χ1n) is 10.2. The molecule has 1 spiro atoms. The normalized spacial score (nSPS) is 25.1. The zero-order chi connectivity index (χ0) is 20.5. The third-order valence-electron chi connectivity index (χ3n) is 6.57. The lowest BCUT2D eigenvalue weighted by Crippen LogP contribution is -2.30. The zero-order valence-corrected chi connectivity index (χ0v) is 16.6. The van der Waals surface area contributed by atoms with Gasteiger partial charge in [0.15, 0.2) is 11.6 Å². The van der Waals surface area contributed by atoms with Gasteiger partial charge >= 0.3 is 0 Å². The molecule has 0 radical (unpaired) electrons. The van der Waals surface area contributed by atoms with Crippen LogP contribution in [-0.2, 0) is 13.1 Å². The number of pyridine rings is 1. The van der Waals surface area contributed by atoms with Crippen LogP contribution in [0.25, 0.3) is 10.9 Å². The van der Waals surface area contributed by atoms with Crippen molar-refractivity contribution in [2.45, 2.75) is 31.9 Å². The predicted molar refractivity (Wildman–Crippen MR) is 108 cm³/mol. The molecule has 30 heavy (non-hydrogen) atoms. The number of nitrogens with one attached hydrogen (secondary N) is 1. The molecule has 1 aliphatic carbocycles. The van der Waals surface area contributed by atoms with E-state index in [2.05, 4.69) is 37.3 Å². The number of anilines is 3. The molecule has 8 nitrogen and oxygen atoms in total. The molecule has 3 aromatic heterocycles. The average Bonchev–Trinajstić information content (AvgIpc) is 3.06. The van der Waals surface area contributed by atoms with Crippen LogP contribution >= 0.6 is 0 Å². The minimum Gasteiger partial charge on any atom is -0.354 e. The van der Waals surface area contributed by atoms with E-state index < -0.39 is 11.3 Å². The van der Waals surface area contributed by atoms with E-state index in [0.717, 1.165) is 30.7 Å². The van der Waals surface area contributed by atoms with Crippen molar-refractivity contribution in [1.29, 1.82) is 0 Å². The number of alkyl halides is 2. The third-order valence-corrected chi connectivity index (χ3v) is 6.57. The maximum absolute atomic E-state index is 13.8. The van der Waals surface area contributed by atoms with Gasteiger partial charge in [-0.2, -0.15) is 5.10 Å². The molecular weight excluding hydrogens is 390 g/mol. The molecule has 5 heterocycles. The first-order valence-corrected chi connectivity index (χ1v) is 10.2. The number of nitrogens with zero attached hydrogens (tertiary/aromatic N) is 7. The van der Waals surface area contributed by atoms with Crippen molar-refractivity contribution in [3.63, 3.8) is 0 Å². The topological polar surface area (TPSA) is 75.0 Å². The van der Waals surface area contributed by atoms with E-state index in [4.69, 9.17) is 0 Å². The van der Waals surface area contributed by atoms with Crippen molar-refractivity contribution in [3.05, 3.63) is 30.2 Å². The van der Waals surface area contributed by atoms with Crippen molar-refractivity contribution in [2.24, 2.45) is 5.41 Å². The van der Waals surface area contributed by atoms with E-state index >= 15 is 0 Å².